The zero-order chi connectivity index (χ0) is 11.0. The van der Waals surface area contributed by atoms with E-state index >= 15 is 0 Å². The molecule has 16 heavy (non-hydrogen) atoms. The molecular weight excluding hydrogens is 194 g/mol. The van der Waals surface area contributed by atoms with Crippen LogP contribution in [0.25, 0.3) is 0 Å². The molecule has 2 aliphatic carbocycles. The molecule has 2 bridgehead atoms. The Labute approximate surface area is 96.2 Å². The number of nitrogens with one attached hydrogen (secondary N) is 1. The molecule has 1 N–H and O–H groups in total. The van der Waals surface area contributed by atoms with Gasteiger partial charge >= 0.3 is 0 Å². The molecule has 1 aromatic carbocycles. The van der Waals surface area contributed by atoms with Crippen molar-refractivity contribution in [3.05, 3.63) is 71.3 Å². The molecule has 80 valence electrons. The number of hydrogen-bond donors (Lipinski definition) is 1. The third-order valence-corrected chi connectivity index (χ3v) is 3.53. The molecule has 0 amide bonds. The van der Waals surface area contributed by atoms with Crippen LogP contribution in [0.5, 0.6) is 0 Å². The molecule has 0 unspecified atom stereocenters. The monoisotopic (exact) mass is 209 g/mol. The van der Waals surface area contributed by atoms with Gasteiger partial charge in [-0.05, 0) is 23.6 Å². The van der Waals surface area contributed by atoms with Gasteiger partial charge in [0.15, 0.2) is 0 Å². The van der Waals surface area contributed by atoms with Crippen LogP contribution in [0, 0.1) is 0 Å². The molecule has 2 aliphatic rings. The van der Waals surface area contributed by atoms with Crippen LogP contribution in [0.3, 0.4) is 0 Å². The Balaban J connectivity index is 1.74. The lowest BCUT2D eigenvalue weighted by Crippen LogP contribution is -2.41. The highest BCUT2D eigenvalue weighted by Gasteiger charge is 2.36. The Morgan fingerprint density at radius 1 is 1.00 bits per heavy atom. The molecule has 1 nitrogen and oxygen atoms in total. The van der Waals surface area contributed by atoms with Gasteiger partial charge in [-0.25, -0.2) is 0 Å². The Bertz CT molecular complexity index is 469. The van der Waals surface area contributed by atoms with Gasteiger partial charge in [-0.15, -0.1) is 0 Å². The highest BCUT2D eigenvalue weighted by molar-refractivity contribution is 5.61. The third-order valence-electron chi connectivity index (χ3n) is 3.53. The van der Waals surface area contributed by atoms with Gasteiger partial charge in [-0.1, -0.05) is 54.6 Å². The van der Waals surface area contributed by atoms with E-state index in [9.17, 15) is 0 Å². The number of allylic oxidation sites excluding steroid dienone is 2. The first-order valence-electron chi connectivity index (χ1n) is 5.69. The molecule has 0 fully saturated rings. The fourth-order valence-electron chi connectivity index (χ4n) is 2.38. The first-order chi connectivity index (χ1) is 7.79. The van der Waals surface area contributed by atoms with Crippen LogP contribution < -0.4 is 5.32 Å². The molecule has 0 radical (unpaired) electrons. The van der Waals surface area contributed by atoms with Crippen molar-refractivity contribution < 1.29 is 0 Å². The SMILES string of the molecule is CC1(NCc2ccccc2)C2=CC=C1C=C2. The maximum Gasteiger partial charge on any atom is 0.0664 e. The minimum atomic E-state index is 0.0375. The minimum absolute atomic E-state index is 0.0375. The third kappa shape index (κ3) is 1.36. The maximum absolute atomic E-state index is 3.64. The van der Waals surface area contributed by atoms with Crippen molar-refractivity contribution in [1.29, 1.82) is 0 Å². The topological polar surface area (TPSA) is 12.0 Å². The molecule has 0 spiro atoms. The lowest BCUT2D eigenvalue weighted by Gasteiger charge is -2.27. The maximum atomic E-state index is 3.64. The summed E-state index contributed by atoms with van der Waals surface area (Å²) in [7, 11) is 0. The van der Waals surface area contributed by atoms with Gasteiger partial charge in [-0.3, -0.25) is 5.32 Å². The van der Waals surface area contributed by atoms with E-state index in [2.05, 4.69) is 66.9 Å². The van der Waals surface area contributed by atoms with Crippen molar-refractivity contribution in [2.45, 2.75) is 19.0 Å². The van der Waals surface area contributed by atoms with Crippen molar-refractivity contribution in [3.63, 3.8) is 0 Å². The largest absolute Gasteiger partial charge is 0.300 e. The normalized spacial score (nSPS) is 19.8. The molecule has 1 heteroatoms. The molecule has 0 heterocycles. The summed E-state index contributed by atoms with van der Waals surface area (Å²) in [4.78, 5) is 0. The van der Waals surface area contributed by atoms with E-state index in [1.54, 1.807) is 0 Å². The first kappa shape index (κ1) is 9.61. The van der Waals surface area contributed by atoms with Gasteiger partial charge in [0.25, 0.3) is 0 Å². The van der Waals surface area contributed by atoms with E-state index in [1.807, 2.05) is 0 Å². The Morgan fingerprint density at radius 3 is 2.19 bits per heavy atom. The van der Waals surface area contributed by atoms with Crippen molar-refractivity contribution >= 4 is 0 Å². The summed E-state index contributed by atoms with van der Waals surface area (Å²) in [6.45, 7) is 3.16. The van der Waals surface area contributed by atoms with Gasteiger partial charge in [-0.2, -0.15) is 0 Å². The summed E-state index contributed by atoms with van der Waals surface area (Å²) >= 11 is 0. The zero-order valence-electron chi connectivity index (χ0n) is 9.40. The van der Waals surface area contributed by atoms with Crippen LogP contribution >= 0.6 is 0 Å². The zero-order valence-corrected chi connectivity index (χ0v) is 9.40. The molecule has 0 aliphatic heterocycles. The fourth-order valence-corrected chi connectivity index (χ4v) is 2.38. The molecule has 0 saturated heterocycles. The van der Waals surface area contributed by atoms with Gasteiger partial charge in [0.1, 0.15) is 0 Å². The van der Waals surface area contributed by atoms with E-state index in [0.29, 0.717) is 0 Å². The standard InChI is InChI=1S/C15H15N/c1-15(13-7-8-14(15)10-9-13)16-11-12-5-3-2-4-6-12/h2-10,16H,11H2,1H3. The van der Waals surface area contributed by atoms with Crippen LogP contribution in [-0.4, -0.2) is 5.54 Å². The predicted octanol–water partition coefficient (Wildman–Crippen LogP) is 2.97. The second-order valence-corrected chi connectivity index (χ2v) is 4.54. The number of rotatable bonds is 3. The summed E-state index contributed by atoms with van der Waals surface area (Å²) in [6.07, 6.45) is 8.81. The number of benzene rings is 1. The molecule has 0 aromatic heterocycles. The number of hydrogen-bond acceptors (Lipinski definition) is 1. The Kier molecular flexibility index (Phi) is 2.08. The van der Waals surface area contributed by atoms with Crippen LogP contribution in [0.4, 0.5) is 0 Å². The predicted molar refractivity (Wildman–Crippen MR) is 67.0 cm³/mol. The Hall–Kier alpha value is -1.60. The van der Waals surface area contributed by atoms with Crippen molar-refractivity contribution in [1.82, 2.24) is 5.32 Å². The second-order valence-electron chi connectivity index (χ2n) is 4.54. The molecule has 1 aromatic rings. The van der Waals surface area contributed by atoms with Crippen LogP contribution in [0.1, 0.15) is 12.5 Å². The van der Waals surface area contributed by atoms with Crippen molar-refractivity contribution in [2.75, 3.05) is 0 Å². The molecule has 0 atom stereocenters. The summed E-state index contributed by atoms with van der Waals surface area (Å²) in [6, 6.07) is 10.5. The van der Waals surface area contributed by atoms with Crippen LogP contribution in [0.15, 0.2) is 65.8 Å². The van der Waals surface area contributed by atoms with Crippen LogP contribution in [-0.2, 0) is 6.54 Å². The van der Waals surface area contributed by atoms with E-state index in [4.69, 9.17) is 0 Å². The van der Waals surface area contributed by atoms with E-state index < -0.39 is 0 Å². The lowest BCUT2D eigenvalue weighted by molar-refractivity contribution is 0.504. The average Bonchev–Trinajstić information content (AvgIpc) is 2.82. The van der Waals surface area contributed by atoms with Crippen molar-refractivity contribution in [3.8, 4) is 0 Å². The highest BCUT2D eigenvalue weighted by Crippen LogP contribution is 2.38. The van der Waals surface area contributed by atoms with E-state index in [0.717, 1.165) is 6.54 Å². The lowest BCUT2D eigenvalue weighted by atomic mass is 9.94. The smallest absolute Gasteiger partial charge is 0.0664 e. The van der Waals surface area contributed by atoms with Crippen molar-refractivity contribution in [2.24, 2.45) is 0 Å². The Morgan fingerprint density at radius 2 is 1.62 bits per heavy atom. The highest BCUT2D eigenvalue weighted by atomic mass is 15.0. The van der Waals surface area contributed by atoms with Gasteiger partial charge in [0, 0.05) is 6.54 Å². The second kappa shape index (κ2) is 3.46. The summed E-state index contributed by atoms with van der Waals surface area (Å²) in [5.74, 6) is 0. The molecular formula is C15H15N. The van der Waals surface area contributed by atoms with Gasteiger partial charge in [0.2, 0.25) is 0 Å². The summed E-state index contributed by atoms with van der Waals surface area (Å²) in [5.41, 5.74) is 4.11. The van der Waals surface area contributed by atoms with Crippen LogP contribution in [0.2, 0.25) is 0 Å². The first-order valence-corrected chi connectivity index (χ1v) is 5.69. The average molecular weight is 209 g/mol. The summed E-state index contributed by atoms with van der Waals surface area (Å²) in [5, 5.41) is 3.64. The summed E-state index contributed by atoms with van der Waals surface area (Å²) < 4.78 is 0. The van der Waals surface area contributed by atoms with Gasteiger partial charge in [0.05, 0.1) is 5.54 Å². The minimum Gasteiger partial charge on any atom is -0.300 e. The molecule has 0 saturated carbocycles. The fraction of sp³-hybridized carbons (Fsp3) is 0.200. The van der Waals surface area contributed by atoms with E-state index in [1.165, 1.54) is 16.7 Å². The van der Waals surface area contributed by atoms with Gasteiger partial charge < -0.3 is 0 Å². The van der Waals surface area contributed by atoms with E-state index in [-0.39, 0.29) is 5.54 Å². The molecule has 3 rings (SSSR count). The number of fused-ring (bicyclic) bond motifs is 2. The quantitative estimate of drug-likeness (QED) is 0.807.